The summed E-state index contributed by atoms with van der Waals surface area (Å²) in [5.74, 6) is -1.61. The van der Waals surface area contributed by atoms with Crippen LogP contribution in [0.4, 0.5) is 26.3 Å². The molecule has 0 spiro atoms. The predicted octanol–water partition coefficient (Wildman–Crippen LogP) is 2.82. The van der Waals surface area contributed by atoms with E-state index in [9.17, 15) is 39.6 Å². The van der Waals surface area contributed by atoms with E-state index in [1.807, 2.05) is 0 Å². The van der Waals surface area contributed by atoms with Gasteiger partial charge in [-0.15, -0.1) is 0 Å². The molecule has 0 unspecified atom stereocenters. The largest absolute Gasteiger partial charge is 0.480 e. The van der Waals surface area contributed by atoms with E-state index in [1.54, 1.807) is 0 Å². The lowest BCUT2D eigenvalue weighted by atomic mass is 10.1. The van der Waals surface area contributed by atoms with Crippen molar-refractivity contribution in [1.82, 2.24) is 4.31 Å². The molecule has 1 aromatic carbocycles. The second kappa shape index (κ2) is 6.59. The Hall–Kier alpha value is -1.82. The summed E-state index contributed by atoms with van der Waals surface area (Å²) in [5, 5.41) is 8.63. The molecule has 0 aliphatic carbocycles. The highest BCUT2D eigenvalue weighted by atomic mass is 32.2. The maximum absolute atomic E-state index is 12.7. The van der Waals surface area contributed by atoms with Crippen molar-refractivity contribution in [2.24, 2.45) is 0 Å². The molecule has 1 aromatic rings. The lowest BCUT2D eigenvalue weighted by Gasteiger charge is -2.20. The second-order valence-corrected chi connectivity index (χ2v) is 6.50. The third kappa shape index (κ3) is 4.60. The Kier molecular flexibility index (Phi) is 5.55. The molecule has 0 aliphatic heterocycles. The Morgan fingerprint density at radius 2 is 1.46 bits per heavy atom. The van der Waals surface area contributed by atoms with Gasteiger partial charge in [0.25, 0.3) is 0 Å². The number of aliphatic carboxylic acids is 1. The van der Waals surface area contributed by atoms with Gasteiger partial charge in [0.2, 0.25) is 10.0 Å². The molecule has 5 nitrogen and oxygen atoms in total. The van der Waals surface area contributed by atoms with Crippen LogP contribution in [0.25, 0.3) is 0 Å². The third-order valence-corrected chi connectivity index (χ3v) is 4.76. The molecule has 0 atom stereocenters. The first-order valence-electron chi connectivity index (χ1n) is 6.21. The fraction of sp³-hybridized carbons (Fsp3) is 0.417. The first kappa shape index (κ1) is 20.2. The van der Waals surface area contributed by atoms with Crippen LogP contribution in [0.15, 0.2) is 23.1 Å². The van der Waals surface area contributed by atoms with E-state index in [2.05, 4.69) is 0 Å². The molecule has 1 rings (SSSR count). The Labute approximate surface area is 132 Å². The van der Waals surface area contributed by atoms with Crippen LogP contribution in [0.1, 0.15) is 18.1 Å². The fourth-order valence-electron chi connectivity index (χ4n) is 1.74. The molecule has 0 saturated heterocycles. The number of rotatable bonds is 5. The Bertz CT molecular complexity index is 694. The Morgan fingerprint density at radius 3 is 1.75 bits per heavy atom. The highest BCUT2D eigenvalue weighted by Gasteiger charge is 2.39. The van der Waals surface area contributed by atoms with Crippen molar-refractivity contribution < 1.29 is 44.7 Å². The number of carboxylic acids is 1. The molecule has 0 heterocycles. The number of likely N-dealkylation sites (N-methyl/N-ethyl adjacent to an activating group) is 1. The molecule has 0 aromatic heterocycles. The van der Waals surface area contributed by atoms with Crippen molar-refractivity contribution in [2.45, 2.75) is 24.2 Å². The maximum Gasteiger partial charge on any atom is 0.416 e. The second-order valence-electron chi connectivity index (χ2n) is 4.57. The van der Waals surface area contributed by atoms with E-state index in [0.29, 0.717) is 0 Å². The quantitative estimate of drug-likeness (QED) is 0.799. The molecule has 0 saturated carbocycles. The summed E-state index contributed by atoms with van der Waals surface area (Å²) in [4.78, 5) is 9.35. The normalized spacial score (nSPS) is 13.3. The van der Waals surface area contributed by atoms with E-state index in [0.717, 1.165) is 0 Å². The van der Waals surface area contributed by atoms with Gasteiger partial charge in [-0.3, -0.25) is 4.79 Å². The van der Waals surface area contributed by atoms with Crippen LogP contribution in [0.3, 0.4) is 0 Å². The highest BCUT2D eigenvalue weighted by molar-refractivity contribution is 7.89. The summed E-state index contributed by atoms with van der Waals surface area (Å²) in [6, 6.07) is -0.142. The average Bonchev–Trinajstić information content (AvgIpc) is 2.42. The summed E-state index contributed by atoms with van der Waals surface area (Å²) in [7, 11) is -4.86. The first-order valence-corrected chi connectivity index (χ1v) is 7.65. The van der Waals surface area contributed by atoms with Crippen LogP contribution in [-0.4, -0.2) is 36.9 Å². The Balaban J connectivity index is 3.59. The molecule has 0 aliphatic rings. The van der Waals surface area contributed by atoms with Gasteiger partial charge in [-0.25, -0.2) is 8.42 Å². The number of hydrogen-bond acceptors (Lipinski definition) is 3. The van der Waals surface area contributed by atoms with Crippen molar-refractivity contribution in [2.75, 3.05) is 13.1 Å². The molecule has 136 valence electrons. The number of sulfonamides is 1. The van der Waals surface area contributed by atoms with Crippen LogP contribution in [-0.2, 0) is 27.2 Å². The SMILES string of the molecule is CCN(CC(=O)O)S(=O)(=O)c1cc(C(F)(F)F)cc(C(F)(F)F)c1. The number of carboxylic acid groups (broad SMARTS) is 1. The van der Waals surface area contributed by atoms with Gasteiger partial charge in [0, 0.05) is 6.54 Å². The van der Waals surface area contributed by atoms with Gasteiger partial charge in [0.1, 0.15) is 6.54 Å². The summed E-state index contributed by atoms with van der Waals surface area (Å²) >= 11 is 0. The lowest BCUT2D eigenvalue weighted by molar-refractivity contribution is -0.143. The molecule has 0 amide bonds. The zero-order valence-corrected chi connectivity index (χ0v) is 12.8. The van der Waals surface area contributed by atoms with Crippen molar-refractivity contribution in [1.29, 1.82) is 0 Å². The minimum Gasteiger partial charge on any atom is -0.480 e. The molecule has 0 bridgehead atoms. The topological polar surface area (TPSA) is 74.7 Å². The van der Waals surface area contributed by atoms with Crippen LogP contribution in [0.5, 0.6) is 0 Å². The minimum atomic E-state index is -5.21. The number of benzene rings is 1. The van der Waals surface area contributed by atoms with Crippen molar-refractivity contribution in [3.05, 3.63) is 29.3 Å². The zero-order chi connectivity index (χ0) is 18.9. The van der Waals surface area contributed by atoms with Gasteiger partial charge in [0.15, 0.2) is 0 Å². The molecule has 1 N–H and O–H groups in total. The number of alkyl halides is 6. The monoisotopic (exact) mass is 379 g/mol. The van der Waals surface area contributed by atoms with Crippen molar-refractivity contribution >= 4 is 16.0 Å². The number of nitrogens with zero attached hydrogens (tertiary/aromatic N) is 1. The summed E-state index contributed by atoms with van der Waals surface area (Å²) in [6.45, 7) is -0.360. The molecular weight excluding hydrogens is 368 g/mol. The van der Waals surface area contributed by atoms with Crippen LogP contribution in [0.2, 0.25) is 0 Å². The fourth-order valence-corrected chi connectivity index (χ4v) is 3.21. The Morgan fingerprint density at radius 1 is 1.04 bits per heavy atom. The van der Waals surface area contributed by atoms with Gasteiger partial charge in [0.05, 0.1) is 16.0 Å². The molecule has 12 heteroatoms. The third-order valence-electron chi connectivity index (χ3n) is 2.86. The molecular formula is C12H11F6NO4S. The maximum atomic E-state index is 12.7. The highest BCUT2D eigenvalue weighted by Crippen LogP contribution is 2.37. The summed E-state index contributed by atoms with van der Waals surface area (Å²) < 4.78 is 101. The number of halogens is 6. The van der Waals surface area contributed by atoms with E-state index < -0.39 is 57.5 Å². The smallest absolute Gasteiger partial charge is 0.416 e. The lowest BCUT2D eigenvalue weighted by Crippen LogP contribution is -2.35. The predicted molar refractivity (Wildman–Crippen MR) is 68.5 cm³/mol. The number of hydrogen-bond donors (Lipinski definition) is 1. The molecule has 0 radical (unpaired) electrons. The van der Waals surface area contributed by atoms with Gasteiger partial charge in [-0.1, -0.05) is 6.92 Å². The average molecular weight is 379 g/mol. The van der Waals surface area contributed by atoms with Crippen LogP contribution < -0.4 is 0 Å². The summed E-state index contributed by atoms with van der Waals surface area (Å²) in [5.41, 5.74) is -3.61. The van der Waals surface area contributed by atoms with E-state index >= 15 is 0 Å². The van der Waals surface area contributed by atoms with Crippen molar-refractivity contribution in [3.8, 4) is 0 Å². The standard InChI is InChI=1S/C12H11F6NO4S/c1-2-19(6-10(20)21)24(22,23)9-4-7(11(13,14)15)3-8(5-9)12(16,17)18/h3-5H,2,6H2,1H3,(H,20,21). The number of carbonyl (C=O) groups is 1. The first-order chi connectivity index (χ1) is 10.7. The van der Waals surface area contributed by atoms with Crippen LogP contribution >= 0.6 is 0 Å². The van der Waals surface area contributed by atoms with Gasteiger partial charge in [-0.05, 0) is 18.2 Å². The van der Waals surface area contributed by atoms with E-state index in [1.165, 1.54) is 6.92 Å². The van der Waals surface area contributed by atoms with Crippen molar-refractivity contribution in [3.63, 3.8) is 0 Å². The van der Waals surface area contributed by atoms with Gasteiger partial charge in [-0.2, -0.15) is 30.6 Å². The van der Waals surface area contributed by atoms with Gasteiger partial charge >= 0.3 is 18.3 Å². The van der Waals surface area contributed by atoms with Gasteiger partial charge < -0.3 is 5.11 Å². The minimum absolute atomic E-state index is 0.0368. The van der Waals surface area contributed by atoms with Crippen LogP contribution in [0, 0.1) is 0 Å². The van der Waals surface area contributed by atoms with E-state index in [4.69, 9.17) is 5.11 Å². The molecule has 24 heavy (non-hydrogen) atoms. The zero-order valence-electron chi connectivity index (χ0n) is 11.9. The summed E-state index contributed by atoms with van der Waals surface area (Å²) in [6.07, 6.45) is -10.4. The van der Waals surface area contributed by atoms with E-state index in [-0.39, 0.29) is 22.5 Å². The molecule has 0 fully saturated rings.